The molecule has 3 aliphatic rings. The number of ether oxygens (including phenoxy) is 1. The van der Waals surface area contributed by atoms with Crippen LogP contribution in [0.2, 0.25) is 0 Å². The summed E-state index contributed by atoms with van der Waals surface area (Å²) in [6, 6.07) is 0.704. The van der Waals surface area contributed by atoms with E-state index in [1.54, 1.807) is 0 Å². The zero-order valence-electron chi connectivity index (χ0n) is 10.4. The first-order chi connectivity index (χ1) is 8.27. The molecule has 3 nitrogen and oxygen atoms in total. The number of aliphatic hydroxyl groups excluding tert-OH is 1. The van der Waals surface area contributed by atoms with Crippen LogP contribution in [0.4, 0.5) is 0 Å². The van der Waals surface area contributed by atoms with E-state index in [2.05, 4.69) is 4.90 Å². The lowest BCUT2D eigenvalue weighted by molar-refractivity contribution is -0.0949. The molecule has 0 aliphatic carbocycles. The van der Waals surface area contributed by atoms with Crippen LogP contribution in [0.15, 0.2) is 0 Å². The molecule has 0 bridgehead atoms. The van der Waals surface area contributed by atoms with E-state index in [1.165, 1.54) is 30.8 Å². The predicted octanol–water partition coefficient (Wildman–Crippen LogP) is 1.50. The first-order valence-electron chi connectivity index (χ1n) is 6.91. The molecule has 0 aromatic heterocycles. The van der Waals surface area contributed by atoms with E-state index in [-0.39, 0.29) is 11.7 Å². The predicted molar refractivity (Wildman–Crippen MR) is 70.5 cm³/mol. The van der Waals surface area contributed by atoms with Crippen molar-refractivity contribution in [3.63, 3.8) is 0 Å². The van der Waals surface area contributed by atoms with Crippen LogP contribution >= 0.6 is 11.8 Å². The average molecular weight is 257 g/mol. The molecule has 98 valence electrons. The van der Waals surface area contributed by atoms with Crippen molar-refractivity contribution >= 4 is 11.8 Å². The summed E-state index contributed by atoms with van der Waals surface area (Å²) in [5.41, 5.74) is 0.198. The Morgan fingerprint density at radius 2 is 2.06 bits per heavy atom. The van der Waals surface area contributed by atoms with Gasteiger partial charge in [0, 0.05) is 31.5 Å². The van der Waals surface area contributed by atoms with Crippen LogP contribution < -0.4 is 0 Å². The van der Waals surface area contributed by atoms with Crippen molar-refractivity contribution in [2.75, 3.05) is 31.2 Å². The van der Waals surface area contributed by atoms with Gasteiger partial charge in [0.15, 0.2) is 0 Å². The van der Waals surface area contributed by atoms with E-state index in [4.69, 9.17) is 4.74 Å². The highest BCUT2D eigenvalue weighted by Gasteiger charge is 2.42. The number of hydrogen-bond acceptors (Lipinski definition) is 4. The van der Waals surface area contributed by atoms with Gasteiger partial charge in [-0.05, 0) is 37.9 Å². The molecule has 1 N–H and O–H groups in total. The second-order valence-electron chi connectivity index (χ2n) is 5.75. The number of piperidine rings is 1. The van der Waals surface area contributed by atoms with Gasteiger partial charge in [-0.3, -0.25) is 4.90 Å². The van der Waals surface area contributed by atoms with Gasteiger partial charge in [-0.1, -0.05) is 0 Å². The molecule has 0 amide bonds. The first-order valence-corrected chi connectivity index (χ1v) is 8.07. The molecule has 4 heteroatoms. The minimum atomic E-state index is -0.0536. The molecule has 0 saturated carbocycles. The third kappa shape index (κ3) is 2.65. The van der Waals surface area contributed by atoms with Gasteiger partial charge in [-0.2, -0.15) is 11.8 Å². The summed E-state index contributed by atoms with van der Waals surface area (Å²) in [4.78, 5) is 2.60. The summed E-state index contributed by atoms with van der Waals surface area (Å²) >= 11 is 2.05. The van der Waals surface area contributed by atoms with E-state index in [0.29, 0.717) is 6.04 Å². The lowest BCUT2D eigenvalue weighted by Crippen LogP contribution is -2.51. The Balaban J connectivity index is 1.60. The molecular weight excluding hydrogens is 234 g/mol. The Labute approximate surface area is 108 Å². The number of likely N-dealkylation sites (tertiary alicyclic amines) is 1. The molecule has 0 aromatic rings. The maximum atomic E-state index is 9.58. The standard InChI is InChI=1S/C13H23NO2S/c15-12-1-5-14(6-2-12)11-3-7-16-13(9-11)4-8-17-10-13/h11-12,15H,1-10H2. The molecular formula is C13H23NO2S. The van der Waals surface area contributed by atoms with Crippen molar-refractivity contribution in [1.82, 2.24) is 4.90 Å². The second kappa shape index (κ2) is 5.08. The molecule has 3 aliphatic heterocycles. The van der Waals surface area contributed by atoms with E-state index in [1.807, 2.05) is 11.8 Å². The summed E-state index contributed by atoms with van der Waals surface area (Å²) in [5.74, 6) is 2.46. The Morgan fingerprint density at radius 3 is 2.76 bits per heavy atom. The first kappa shape index (κ1) is 12.3. The average Bonchev–Trinajstić information content (AvgIpc) is 2.78. The highest BCUT2D eigenvalue weighted by Crippen LogP contribution is 2.39. The molecule has 0 aromatic carbocycles. The van der Waals surface area contributed by atoms with E-state index >= 15 is 0 Å². The minimum absolute atomic E-state index is 0.0536. The molecule has 3 heterocycles. The fourth-order valence-corrected chi connectivity index (χ4v) is 4.81. The van der Waals surface area contributed by atoms with Gasteiger partial charge < -0.3 is 9.84 Å². The van der Waals surface area contributed by atoms with Gasteiger partial charge in [-0.25, -0.2) is 0 Å². The summed E-state index contributed by atoms with van der Waals surface area (Å²) in [6.45, 7) is 3.09. The highest BCUT2D eigenvalue weighted by atomic mass is 32.2. The Bertz CT molecular complexity index is 260. The zero-order chi connectivity index (χ0) is 11.7. The lowest BCUT2D eigenvalue weighted by Gasteiger charge is -2.44. The van der Waals surface area contributed by atoms with Crippen LogP contribution in [-0.2, 0) is 4.74 Å². The number of nitrogens with zero attached hydrogens (tertiary/aromatic N) is 1. The van der Waals surface area contributed by atoms with Crippen molar-refractivity contribution < 1.29 is 9.84 Å². The van der Waals surface area contributed by atoms with Crippen molar-refractivity contribution in [1.29, 1.82) is 0 Å². The van der Waals surface area contributed by atoms with Crippen LogP contribution in [0.5, 0.6) is 0 Å². The second-order valence-corrected chi connectivity index (χ2v) is 6.85. The summed E-state index contributed by atoms with van der Waals surface area (Å²) in [6.07, 6.45) is 5.50. The fraction of sp³-hybridized carbons (Fsp3) is 1.00. The third-order valence-electron chi connectivity index (χ3n) is 4.55. The van der Waals surface area contributed by atoms with E-state index in [0.717, 1.165) is 32.5 Å². The molecule has 2 unspecified atom stereocenters. The molecule has 2 atom stereocenters. The number of rotatable bonds is 1. The molecule has 3 fully saturated rings. The normalized spacial score (nSPS) is 41.1. The monoisotopic (exact) mass is 257 g/mol. The largest absolute Gasteiger partial charge is 0.393 e. The van der Waals surface area contributed by atoms with Gasteiger partial charge in [-0.15, -0.1) is 0 Å². The Kier molecular flexibility index (Phi) is 3.67. The summed E-state index contributed by atoms with van der Waals surface area (Å²) in [5, 5.41) is 9.58. The number of hydrogen-bond donors (Lipinski definition) is 1. The van der Waals surface area contributed by atoms with Gasteiger partial charge >= 0.3 is 0 Å². The lowest BCUT2D eigenvalue weighted by atomic mass is 9.88. The van der Waals surface area contributed by atoms with Crippen molar-refractivity contribution in [2.24, 2.45) is 0 Å². The highest BCUT2D eigenvalue weighted by molar-refractivity contribution is 7.99. The summed E-state index contributed by atoms with van der Waals surface area (Å²) in [7, 11) is 0. The summed E-state index contributed by atoms with van der Waals surface area (Å²) < 4.78 is 6.07. The van der Waals surface area contributed by atoms with E-state index in [9.17, 15) is 5.11 Å². The molecule has 0 radical (unpaired) electrons. The molecule has 3 saturated heterocycles. The Morgan fingerprint density at radius 1 is 1.24 bits per heavy atom. The molecule has 1 spiro atoms. The topological polar surface area (TPSA) is 32.7 Å². The SMILES string of the molecule is OC1CCN(C2CCOC3(CCSC3)C2)CC1. The van der Waals surface area contributed by atoms with Crippen molar-refractivity contribution in [3.8, 4) is 0 Å². The van der Waals surface area contributed by atoms with Crippen LogP contribution in [0.1, 0.15) is 32.1 Å². The quantitative estimate of drug-likeness (QED) is 0.771. The van der Waals surface area contributed by atoms with Crippen LogP contribution in [0.3, 0.4) is 0 Å². The van der Waals surface area contributed by atoms with Crippen LogP contribution in [0.25, 0.3) is 0 Å². The number of thioether (sulfide) groups is 1. The minimum Gasteiger partial charge on any atom is -0.393 e. The molecule has 17 heavy (non-hydrogen) atoms. The zero-order valence-corrected chi connectivity index (χ0v) is 11.3. The van der Waals surface area contributed by atoms with Crippen molar-refractivity contribution in [3.05, 3.63) is 0 Å². The van der Waals surface area contributed by atoms with E-state index < -0.39 is 0 Å². The van der Waals surface area contributed by atoms with Crippen LogP contribution in [-0.4, -0.2) is 59.0 Å². The van der Waals surface area contributed by atoms with Gasteiger partial charge in [0.25, 0.3) is 0 Å². The Hall–Kier alpha value is 0.230. The van der Waals surface area contributed by atoms with Crippen LogP contribution in [0, 0.1) is 0 Å². The molecule has 3 rings (SSSR count). The van der Waals surface area contributed by atoms with Gasteiger partial charge in [0.2, 0.25) is 0 Å². The maximum absolute atomic E-state index is 9.58. The van der Waals surface area contributed by atoms with Gasteiger partial charge in [0.05, 0.1) is 11.7 Å². The fourth-order valence-electron chi connectivity index (χ4n) is 3.43. The van der Waals surface area contributed by atoms with Gasteiger partial charge in [0.1, 0.15) is 0 Å². The maximum Gasteiger partial charge on any atom is 0.0795 e. The number of aliphatic hydroxyl groups is 1. The smallest absolute Gasteiger partial charge is 0.0795 e. The van der Waals surface area contributed by atoms with Crippen molar-refractivity contribution in [2.45, 2.75) is 49.9 Å². The third-order valence-corrected chi connectivity index (χ3v) is 5.77.